The van der Waals surface area contributed by atoms with Crippen LogP contribution in [0.15, 0.2) is 18.2 Å². The predicted octanol–water partition coefficient (Wildman–Crippen LogP) is 1.66. The van der Waals surface area contributed by atoms with E-state index in [2.05, 4.69) is 27.3 Å². The first-order valence-electron chi connectivity index (χ1n) is 6.28. The van der Waals surface area contributed by atoms with Gasteiger partial charge in [0.05, 0.1) is 18.9 Å². The Morgan fingerprint density at radius 2 is 2.00 bits per heavy atom. The molecular weight excluding hydrogens is 285 g/mol. The monoisotopic (exact) mass is 307 g/mol. The Hall–Kier alpha value is -0.390. The minimum Gasteiger partial charge on any atom is -0.379 e. The summed E-state index contributed by atoms with van der Waals surface area (Å²) in [4.78, 5) is 6.89. The van der Waals surface area contributed by atoms with Gasteiger partial charge in [-0.15, -0.1) is 24.8 Å². The average molecular weight is 308 g/mol. The highest BCUT2D eigenvalue weighted by Gasteiger charge is 2.08. The van der Waals surface area contributed by atoms with Crippen LogP contribution < -0.4 is 5.32 Å². The molecule has 1 fully saturated rings. The summed E-state index contributed by atoms with van der Waals surface area (Å²) in [7, 11) is 0. The van der Waals surface area contributed by atoms with Crippen LogP contribution in [0.1, 0.15) is 11.4 Å². The van der Waals surface area contributed by atoms with E-state index in [0.717, 1.165) is 57.3 Å². The quantitative estimate of drug-likeness (QED) is 0.840. The van der Waals surface area contributed by atoms with Crippen molar-refractivity contribution < 1.29 is 4.74 Å². The summed E-state index contributed by atoms with van der Waals surface area (Å²) >= 11 is 0. The molecule has 2 rings (SSSR count). The lowest BCUT2D eigenvalue weighted by Gasteiger charge is -2.26. The van der Waals surface area contributed by atoms with Crippen LogP contribution in [0.5, 0.6) is 0 Å². The van der Waals surface area contributed by atoms with Gasteiger partial charge in [-0.1, -0.05) is 6.07 Å². The Morgan fingerprint density at radius 1 is 1.26 bits per heavy atom. The number of halogens is 2. The van der Waals surface area contributed by atoms with Crippen molar-refractivity contribution in [3.63, 3.8) is 0 Å². The Kier molecular flexibility index (Phi) is 10.2. The summed E-state index contributed by atoms with van der Waals surface area (Å²) in [6.07, 6.45) is 0. The predicted molar refractivity (Wildman–Crippen MR) is 82.4 cm³/mol. The van der Waals surface area contributed by atoms with Gasteiger partial charge in [-0.05, 0) is 19.1 Å². The molecule has 1 aromatic rings. The van der Waals surface area contributed by atoms with Crippen LogP contribution in [0, 0.1) is 6.92 Å². The zero-order chi connectivity index (χ0) is 11.9. The molecule has 0 saturated carbocycles. The van der Waals surface area contributed by atoms with Crippen molar-refractivity contribution in [2.45, 2.75) is 13.5 Å². The molecule has 0 radical (unpaired) electrons. The maximum atomic E-state index is 5.32. The van der Waals surface area contributed by atoms with E-state index < -0.39 is 0 Å². The van der Waals surface area contributed by atoms with E-state index in [9.17, 15) is 0 Å². The number of hydrogen-bond donors (Lipinski definition) is 1. The van der Waals surface area contributed by atoms with Crippen molar-refractivity contribution in [1.29, 1.82) is 0 Å². The minimum absolute atomic E-state index is 0. The van der Waals surface area contributed by atoms with E-state index in [4.69, 9.17) is 4.74 Å². The smallest absolute Gasteiger partial charge is 0.0594 e. The average Bonchev–Trinajstić information content (AvgIpc) is 2.36. The Balaban J connectivity index is 0.00000162. The molecule has 0 atom stereocenters. The molecule has 1 N–H and O–H groups in total. The number of aromatic nitrogens is 1. The number of aryl methyl sites for hydroxylation is 1. The second kappa shape index (κ2) is 10.4. The van der Waals surface area contributed by atoms with Gasteiger partial charge in [0.1, 0.15) is 0 Å². The number of nitrogens with zero attached hydrogens (tertiary/aromatic N) is 2. The Labute approximate surface area is 127 Å². The molecule has 1 aliphatic rings. The summed E-state index contributed by atoms with van der Waals surface area (Å²) < 4.78 is 5.32. The van der Waals surface area contributed by atoms with Gasteiger partial charge < -0.3 is 10.1 Å². The second-order valence-corrected chi connectivity index (χ2v) is 4.40. The normalized spacial score (nSPS) is 15.4. The molecule has 1 aliphatic heterocycles. The topological polar surface area (TPSA) is 37.4 Å². The fourth-order valence-corrected chi connectivity index (χ4v) is 1.98. The molecule has 110 valence electrons. The van der Waals surface area contributed by atoms with Crippen molar-refractivity contribution in [2.24, 2.45) is 0 Å². The van der Waals surface area contributed by atoms with Crippen molar-refractivity contribution in [1.82, 2.24) is 15.2 Å². The van der Waals surface area contributed by atoms with Gasteiger partial charge in [0.25, 0.3) is 0 Å². The second-order valence-electron chi connectivity index (χ2n) is 4.40. The van der Waals surface area contributed by atoms with Crippen LogP contribution in [-0.4, -0.2) is 49.3 Å². The van der Waals surface area contributed by atoms with Crippen molar-refractivity contribution in [2.75, 3.05) is 39.4 Å². The van der Waals surface area contributed by atoms with E-state index >= 15 is 0 Å². The zero-order valence-electron chi connectivity index (χ0n) is 11.3. The number of ether oxygens (including phenoxy) is 1. The molecule has 1 aromatic heterocycles. The molecule has 1 saturated heterocycles. The first kappa shape index (κ1) is 18.6. The third kappa shape index (κ3) is 7.09. The van der Waals surface area contributed by atoms with Crippen LogP contribution in [0.2, 0.25) is 0 Å². The largest absolute Gasteiger partial charge is 0.379 e. The van der Waals surface area contributed by atoms with Crippen molar-refractivity contribution >= 4 is 24.8 Å². The fourth-order valence-electron chi connectivity index (χ4n) is 1.98. The highest BCUT2D eigenvalue weighted by molar-refractivity contribution is 5.85. The molecule has 19 heavy (non-hydrogen) atoms. The molecule has 6 heteroatoms. The Bertz CT molecular complexity index is 346. The van der Waals surface area contributed by atoms with E-state index in [1.54, 1.807) is 0 Å². The standard InChI is InChI=1S/C13H21N3O.2ClH/c1-12-3-2-4-13(15-12)11-14-5-6-16-7-9-17-10-8-16;;/h2-4,14H,5-11H2,1H3;2*1H. The molecule has 0 spiro atoms. The first-order chi connectivity index (χ1) is 8.34. The lowest BCUT2D eigenvalue weighted by Crippen LogP contribution is -2.40. The van der Waals surface area contributed by atoms with Gasteiger partial charge in [0, 0.05) is 38.4 Å². The summed E-state index contributed by atoms with van der Waals surface area (Å²) in [6.45, 7) is 8.85. The Morgan fingerprint density at radius 3 is 2.68 bits per heavy atom. The van der Waals surface area contributed by atoms with Gasteiger partial charge in [-0.25, -0.2) is 0 Å². The first-order valence-corrected chi connectivity index (χ1v) is 6.28. The third-order valence-electron chi connectivity index (χ3n) is 2.96. The van der Waals surface area contributed by atoms with Gasteiger partial charge in [-0.3, -0.25) is 9.88 Å². The maximum absolute atomic E-state index is 5.32. The summed E-state index contributed by atoms with van der Waals surface area (Å²) in [5.41, 5.74) is 2.20. The van der Waals surface area contributed by atoms with Crippen LogP contribution in [0.3, 0.4) is 0 Å². The molecule has 0 amide bonds. The lowest BCUT2D eigenvalue weighted by molar-refractivity contribution is 0.0384. The van der Waals surface area contributed by atoms with Gasteiger partial charge in [0.15, 0.2) is 0 Å². The highest BCUT2D eigenvalue weighted by atomic mass is 35.5. The lowest BCUT2D eigenvalue weighted by atomic mass is 10.3. The summed E-state index contributed by atoms with van der Waals surface area (Å²) in [5.74, 6) is 0. The molecule has 4 nitrogen and oxygen atoms in total. The molecule has 0 aliphatic carbocycles. The van der Waals surface area contributed by atoms with Crippen LogP contribution >= 0.6 is 24.8 Å². The molecule has 0 unspecified atom stereocenters. The van der Waals surface area contributed by atoms with E-state index in [-0.39, 0.29) is 24.8 Å². The van der Waals surface area contributed by atoms with Gasteiger partial charge in [0.2, 0.25) is 0 Å². The number of nitrogens with one attached hydrogen (secondary N) is 1. The van der Waals surface area contributed by atoms with Crippen LogP contribution in [0.25, 0.3) is 0 Å². The van der Waals surface area contributed by atoms with Crippen molar-refractivity contribution in [3.8, 4) is 0 Å². The van der Waals surface area contributed by atoms with E-state index in [0.29, 0.717) is 0 Å². The van der Waals surface area contributed by atoms with Crippen LogP contribution in [0.4, 0.5) is 0 Å². The summed E-state index contributed by atoms with van der Waals surface area (Å²) in [5, 5.41) is 3.43. The molecular formula is C13H23Cl2N3O. The fraction of sp³-hybridized carbons (Fsp3) is 0.615. The minimum atomic E-state index is 0. The van der Waals surface area contributed by atoms with E-state index in [1.165, 1.54) is 0 Å². The number of morpholine rings is 1. The van der Waals surface area contributed by atoms with Gasteiger partial charge >= 0.3 is 0 Å². The SMILES string of the molecule is Cc1cccc(CNCCN2CCOCC2)n1.Cl.Cl. The van der Waals surface area contributed by atoms with Gasteiger partial charge in [-0.2, -0.15) is 0 Å². The third-order valence-corrected chi connectivity index (χ3v) is 2.96. The molecule has 0 bridgehead atoms. The molecule has 2 heterocycles. The number of pyridine rings is 1. The highest BCUT2D eigenvalue weighted by Crippen LogP contribution is 1.98. The summed E-state index contributed by atoms with van der Waals surface area (Å²) in [6, 6.07) is 6.15. The maximum Gasteiger partial charge on any atom is 0.0594 e. The number of hydrogen-bond acceptors (Lipinski definition) is 4. The van der Waals surface area contributed by atoms with E-state index in [1.807, 2.05) is 13.0 Å². The molecule has 0 aromatic carbocycles. The van der Waals surface area contributed by atoms with Crippen molar-refractivity contribution in [3.05, 3.63) is 29.6 Å². The zero-order valence-corrected chi connectivity index (χ0v) is 12.9. The van der Waals surface area contributed by atoms with Crippen LogP contribution in [-0.2, 0) is 11.3 Å². The number of rotatable bonds is 5.